The molecule has 18 heavy (non-hydrogen) atoms. The molecule has 104 valence electrons. The third-order valence-electron chi connectivity index (χ3n) is 3.76. The Morgan fingerprint density at radius 3 is 2.17 bits per heavy atom. The summed E-state index contributed by atoms with van der Waals surface area (Å²) in [5.74, 6) is -0.0842. The first-order chi connectivity index (χ1) is 7.94. The lowest BCUT2D eigenvalue weighted by Gasteiger charge is -2.30. The maximum Gasteiger partial charge on any atom is 0.546 e. The molecule has 4 nitrogen and oxygen atoms in total. The molecular formula is C14H26NO3+. The van der Waals surface area contributed by atoms with Crippen molar-refractivity contribution >= 4 is 11.9 Å². The number of rotatable bonds is 2. The van der Waals surface area contributed by atoms with Gasteiger partial charge in [0, 0.05) is 11.3 Å². The standard InChI is InChI=1S/C14H25NO3/c1-8(13(2,3)4)9(16)10-11(14(5,6)7)15-12(17)18-10/h8,10-11H,1-7H3,(H,15,17)/p+1/t8-,10?,11?/m0/s1. The van der Waals surface area contributed by atoms with E-state index >= 15 is 0 Å². The molecule has 0 saturated heterocycles. The molecule has 1 aliphatic rings. The lowest BCUT2D eigenvalue weighted by molar-refractivity contribution is -0.519. The minimum absolute atomic E-state index is 0.0407. The Hall–Kier alpha value is -1.06. The molecule has 1 rings (SSSR count). The first-order valence-electron chi connectivity index (χ1n) is 6.47. The van der Waals surface area contributed by atoms with Crippen LogP contribution in [-0.2, 0) is 9.53 Å². The maximum atomic E-state index is 12.5. The summed E-state index contributed by atoms with van der Waals surface area (Å²) in [5.41, 5.74) is -0.274. The van der Waals surface area contributed by atoms with E-state index in [1.165, 1.54) is 0 Å². The Morgan fingerprint density at radius 1 is 1.28 bits per heavy atom. The number of ether oxygens (including phenoxy) is 1. The molecule has 0 radical (unpaired) electrons. The van der Waals surface area contributed by atoms with Crippen molar-refractivity contribution in [1.29, 1.82) is 0 Å². The maximum absolute atomic E-state index is 12.5. The zero-order valence-electron chi connectivity index (χ0n) is 12.5. The van der Waals surface area contributed by atoms with Gasteiger partial charge in [-0.1, -0.05) is 48.5 Å². The van der Waals surface area contributed by atoms with Gasteiger partial charge in [-0.15, -0.1) is 0 Å². The summed E-state index contributed by atoms with van der Waals surface area (Å²) in [6, 6.07) is -0.199. The number of hydrogen-bond acceptors (Lipinski definition) is 2. The van der Waals surface area contributed by atoms with Gasteiger partial charge in [-0.2, -0.15) is 4.99 Å². The first-order valence-corrected chi connectivity index (χ1v) is 6.47. The van der Waals surface area contributed by atoms with Crippen molar-refractivity contribution in [2.75, 3.05) is 0 Å². The SMILES string of the molecule is C[C@@H](C(=O)C1OC(O)=[NH+]C1C(C)(C)C)C(C)(C)C. The highest BCUT2D eigenvalue weighted by Crippen LogP contribution is 2.31. The molecule has 0 aromatic rings. The van der Waals surface area contributed by atoms with E-state index in [0.717, 1.165) is 0 Å². The largest absolute Gasteiger partial charge is 0.546 e. The monoisotopic (exact) mass is 256 g/mol. The molecule has 0 aromatic carbocycles. The Morgan fingerprint density at radius 2 is 1.78 bits per heavy atom. The molecule has 1 heterocycles. The zero-order chi connectivity index (χ0) is 14.3. The van der Waals surface area contributed by atoms with Crippen LogP contribution in [0.25, 0.3) is 0 Å². The van der Waals surface area contributed by atoms with Crippen molar-refractivity contribution in [3.05, 3.63) is 0 Å². The van der Waals surface area contributed by atoms with Crippen LogP contribution in [0.5, 0.6) is 0 Å². The van der Waals surface area contributed by atoms with Gasteiger partial charge >= 0.3 is 6.08 Å². The van der Waals surface area contributed by atoms with Crippen molar-refractivity contribution in [3.8, 4) is 0 Å². The van der Waals surface area contributed by atoms with Gasteiger partial charge in [-0.25, -0.2) is 0 Å². The van der Waals surface area contributed by atoms with E-state index in [2.05, 4.69) is 4.99 Å². The predicted octanol–water partition coefficient (Wildman–Crippen LogP) is 1.05. The highest BCUT2D eigenvalue weighted by atomic mass is 16.6. The number of carbonyl (C=O) groups is 1. The molecule has 1 aliphatic heterocycles. The Bertz CT molecular complexity index is 360. The van der Waals surface area contributed by atoms with Crippen molar-refractivity contribution in [3.63, 3.8) is 0 Å². The summed E-state index contributed by atoms with van der Waals surface area (Å²) in [5, 5.41) is 9.50. The highest BCUT2D eigenvalue weighted by Gasteiger charge is 2.51. The van der Waals surface area contributed by atoms with Gasteiger partial charge in [0.2, 0.25) is 12.1 Å². The highest BCUT2D eigenvalue weighted by molar-refractivity contribution is 5.88. The third-order valence-corrected chi connectivity index (χ3v) is 3.76. The smallest absolute Gasteiger partial charge is 0.430 e. The van der Waals surface area contributed by atoms with Crippen molar-refractivity contribution in [1.82, 2.24) is 0 Å². The molecular weight excluding hydrogens is 230 g/mol. The van der Waals surface area contributed by atoms with Gasteiger partial charge in [-0.3, -0.25) is 4.79 Å². The first kappa shape index (κ1) is 15.0. The minimum Gasteiger partial charge on any atom is -0.430 e. The predicted molar refractivity (Wildman–Crippen MR) is 70.3 cm³/mol. The molecule has 0 spiro atoms. The Labute approximate surface area is 109 Å². The molecule has 0 amide bonds. The van der Waals surface area contributed by atoms with Crippen LogP contribution >= 0.6 is 0 Å². The van der Waals surface area contributed by atoms with Crippen LogP contribution in [-0.4, -0.2) is 29.1 Å². The average molecular weight is 256 g/mol. The molecule has 0 bridgehead atoms. The van der Waals surface area contributed by atoms with Gasteiger partial charge in [0.05, 0.1) is 0 Å². The zero-order valence-corrected chi connectivity index (χ0v) is 12.5. The second kappa shape index (κ2) is 4.56. The van der Waals surface area contributed by atoms with Crippen LogP contribution in [0.1, 0.15) is 48.5 Å². The molecule has 2 unspecified atom stereocenters. The van der Waals surface area contributed by atoms with E-state index in [9.17, 15) is 9.90 Å². The summed E-state index contributed by atoms with van der Waals surface area (Å²) in [7, 11) is 0. The number of aliphatic hydroxyl groups excluding tert-OH is 1. The van der Waals surface area contributed by atoms with Crippen molar-refractivity contribution in [2.24, 2.45) is 16.7 Å². The number of hydrogen-bond donors (Lipinski definition) is 2. The van der Waals surface area contributed by atoms with Gasteiger partial charge in [0.1, 0.15) is 0 Å². The van der Waals surface area contributed by atoms with Gasteiger partial charge in [-0.05, 0) is 5.41 Å². The van der Waals surface area contributed by atoms with Gasteiger partial charge < -0.3 is 9.84 Å². The van der Waals surface area contributed by atoms with E-state index in [4.69, 9.17) is 4.74 Å². The van der Waals surface area contributed by atoms with Crippen LogP contribution < -0.4 is 4.99 Å². The number of nitrogens with one attached hydrogen (secondary N) is 1. The van der Waals surface area contributed by atoms with Crippen molar-refractivity contribution in [2.45, 2.75) is 60.6 Å². The lowest BCUT2D eigenvalue weighted by atomic mass is 9.74. The van der Waals surface area contributed by atoms with Crippen LogP contribution in [0.15, 0.2) is 0 Å². The van der Waals surface area contributed by atoms with E-state index in [0.29, 0.717) is 0 Å². The molecule has 3 atom stereocenters. The second-order valence-electron chi connectivity index (χ2n) is 7.32. The normalized spacial score (nSPS) is 26.5. The van der Waals surface area contributed by atoms with E-state index in [1.54, 1.807) is 0 Å². The molecule has 4 heteroatoms. The number of ketones is 1. The molecule has 0 aliphatic carbocycles. The van der Waals surface area contributed by atoms with Gasteiger partial charge in [0.25, 0.3) is 0 Å². The van der Waals surface area contributed by atoms with Crippen LogP contribution in [0.4, 0.5) is 0 Å². The number of aliphatic hydroxyl groups is 1. The number of carbonyl (C=O) groups excluding carboxylic acids is 1. The quantitative estimate of drug-likeness (QED) is 0.776. The summed E-state index contributed by atoms with van der Waals surface area (Å²) in [6.45, 7) is 14.1. The van der Waals surface area contributed by atoms with E-state index in [-0.39, 0.29) is 34.7 Å². The molecule has 0 aromatic heterocycles. The van der Waals surface area contributed by atoms with E-state index < -0.39 is 6.10 Å². The average Bonchev–Trinajstić information content (AvgIpc) is 2.56. The summed E-state index contributed by atoms with van der Waals surface area (Å²) >= 11 is 0. The second-order valence-corrected chi connectivity index (χ2v) is 7.32. The van der Waals surface area contributed by atoms with Crippen LogP contribution in [0, 0.1) is 16.7 Å². The van der Waals surface area contributed by atoms with Crippen LogP contribution in [0.3, 0.4) is 0 Å². The fourth-order valence-electron chi connectivity index (χ4n) is 2.00. The molecule has 2 N–H and O–H groups in total. The lowest BCUT2D eigenvalue weighted by Crippen LogP contribution is -2.82. The molecule has 0 saturated carbocycles. The summed E-state index contributed by atoms with van der Waals surface area (Å²) in [6.07, 6.45) is -0.853. The van der Waals surface area contributed by atoms with Crippen LogP contribution in [0.2, 0.25) is 0 Å². The minimum atomic E-state index is -0.612. The Kier molecular flexibility index (Phi) is 3.80. The van der Waals surface area contributed by atoms with E-state index in [1.807, 2.05) is 48.5 Å². The fraction of sp³-hybridized carbons (Fsp3) is 0.857. The summed E-state index contributed by atoms with van der Waals surface area (Å²) < 4.78 is 5.29. The topological polar surface area (TPSA) is 60.5 Å². The van der Waals surface area contributed by atoms with Gasteiger partial charge in [0.15, 0.2) is 5.78 Å². The summed E-state index contributed by atoms with van der Waals surface area (Å²) in [4.78, 5) is 15.4. The number of Topliss-reactive ketones (excluding diaryl/α,β-unsaturated/α-hetero) is 1. The fourth-order valence-corrected chi connectivity index (χ4v) is 2.00. The molecule has 0 fully saturated rings. The Balaban J connectivity index is 2.94. The third kappa shape index (κ3) is 3.03. The van der Waals surface area contributed by atoms with Crippen molar-refractivity contribution < 1.29 is 19.6 Å².